The van der Waals surface area contributed by atoms with Crippen LogP contribution in [0.1, 0.15) is 31.2 Å². The van der Waals surface area contributed by atoms with E-state index in [2.05, 4.69) is 34.5 Å². The van der Waals surface area contributed by atoms with Crippen molar-refractivity contribution >= 4 is 5.91 Å². The van der Waals surface area contributed by atoms with E-state index in [-0.39, 0.29) is 12.0 Å². The summed E-state index contributed by atoms with van der Waals surface area (Å²) in [6, 6.07) is 10.8. The quantitative estimate of drug-likeness (QED) is 0.904. The minimum atomic E-state index is -0.301. The molecule has 1 saturated carbocycles. The maximum absolute atomic E-state index is 12.9. The highest BCUT2D eigenvalue weighted by molar-refractivity contribution is 5.81. The van der Waals surface area contributed by atoms with E-state index in [1.807, 2.05) is 6.07 Å². The first-order valence-corrected chi connectivity index (χ1v) is 8.51. The van der Waals surface area contributed by atoms with Crippen molar-refractivity contribution in [3.05, 3.63) is 35.9 Å². The third kappa shape index (κ3) is 3.87. The zero-order chi connectivity index (χ0) is 15.2. The van der Waals surface area contributed by atoms with Gasteiger partial charge < -0.3 is 15.0 Å². The van der Waals surface area contributed by atoms with Gasteiger partial charge in [0.1, 0.15) is 6.10 Å². The van der Waals surface area contributed by atoms with E-state index in [0.29, 0.717) is 19.2 Å². The van der Waals surface area contributed by atoms with Crippen LogP contribution in [-0.4, -0.2) is 49.2 Å². The van der Waals surface area contributed by atoms with Crippen molar-refractivity contribution in [2.24, 2.45) is 0 Å². The van der Waals surface area contributed by atoms with E-state index in [1.54, 1.807) is 0 Å². The summed E-state index contributed by atoms with van der Waals surface area (Å²) in [6.07, 6.45) is 5.38. The molecule has 1 aliphatic heterocycles. The summed E-state index contributed by atoms with van der Waals surface area (Å²) in [5.74, 6) is 0.176. The number of rotatable bonds is 5. The average molecular weight is 302 g/mol. The van der Waals surface area contributed by atoms with Crippen LogP contribution in [0, 0.1) is 0 Å². The predicted molar refractivity (Wildman–Crippen MR) is 86.7 cm³/mol. The summed E-state index contributed by atoms with van der Waals surface area (Å²) in [6.45, 7) is 2.92. The molecule has 1 unspecified atom stereocenters. The highest BCUT2D eigenvalue weighted by Gasteiger charge is 2.32. The number of nitrogens with one attached hydrogen (secondary N) is 1. The first kappa shape index (κ1) is 15.5. The number of nitrogens with zero attached hydrogens (tertiary/aromatic N) is 1. The molecule has 0 radical (unpaired) electrons. The Morgan fingerprint density at radius 2 is 2.00 bits per heavy atom. The van der Waals surface area contributed by atoms with Crippen LogP contribution in [0.4, 0.5) is 0 Å². The Morgan fingerprint density at radius 1 is 1.23 bits per heavy atom. The lowest BCUT2D eigenvalue weighted by Gasteiger charge is -2.34. The molecule has 4 heteroatoms. The monoisotopic (exact) mass is 302 g/mol. The van der Waals surface area contributed by atoms with Crippen LogP contribution in [0.25, 0.3) is 0 Å². The van der Waals surface area contributed by atoms with Gasteiger partial charge in [0.2, 0.25) is 0 Å². The van der Waals surface area contributed by atoms with Gasteiger partial charge in [0.25, 0.3) is 5.91 Å². The average Bonchev–Trinajstić information content (AvgIpc) is 3.11. The van der Waals surface area contributed by atoms with E-state index in [0.717, 1.165) is 32.4 Å². The summed E-state index contributed by atoms with van der Waals surface area (Å²) >= 11 is 0. The van der Waals surface area contributed by atoms with Gasteiger partial charge in [-0.2, -0.15) is 0 Å². The molecule has 22 heavy (non-hydrogen) atoms. The van der Waals surface area contributed by atoms with Crippen molar-refractivity contribution in [1.29, 1.82) is 0 Å². The Kier molecular flexibility index (Phi) is 5.46. The van der Waals surface area contributed by atoms with Crippen LogP contribution < -0.4 is 5.32 Å². The lowest BCUT2D eigenvalue weighted by molar-refractivity contribution is -0.147. The maximum atomic E-state index is 12.9. The number of carbonyl (C=O) groups excluding carboxylic acids is 1. The molecule has 2 fully saturated rings. The number of morpholine rings is 1. The molecule has 1 heterocycles. The van der Waals surface area contributed by atoms with Crippen LogP contribution >= 0.6 is 0 Å². The topological polar surface area (TPSA) is 41.6 Å². The normalized spacial score (nSPS) is 22.6. The van der Waals surface area contributed by atoms with Crippen molar-refractivity contribution in [3.8, 4) is 0 Å². The second kappa shape index (κ2) is 7.75. The van der Waals surface area contributed by atoms with E-state index >= 15 is 0 Å². The summed E-state index contributed by atoms with van der Waals surface area (Å²) in [5, 5.41) is 3.26. The van der Waals surface area contributed by atoms with Gasteiger partial charge in [-0.1, -0.05) is 43.2 Å². The van der Waals surface area contributed by atoms with E-state index in [1.165, 1.54) is 18.4 Å². The zero-order valence-electron chi connectivity index (χ0n) is 13.2. The van der Waals surface area contributed by atoms with Gasteiger partial charge in [0.15, 0.2) is 0 Å². The van der Waals surface area contributed by atoms with Gasteiger partial charge in [-0.25, -0.2) is 0 Å². The minimum Gasteiger partial charge on any atom is -0.366 e. The highest BCUT2D eigenvalue weighted by atomic mass is 16.5. The molecular weight excluding hydrogens is 276 g/mol. The predicted octanol–water partition coefficient (Wildman–Crippen LogP) is 1.99. The third-order valence-electron chi connectivity index (χ3n) is 4.74. The fourth-order valence-corrected chi connectivity index (χ4v) is 3.49. The largest absolute Gasteiger partial charge is 0.366 e. The van der Waals surface area contributed by atoms with Gasteiger partial charge in [-0.15, -0.1) is 0 Å². The Hall–Kier alpha value is -1.39. The molecule has 2 aliphatic rings. The van der Waals surface area contributed by atoms with Gasteiger partial charge in [-0.3, -0.25) is 4.79 Å². The fourth-order valence-electron chi connectivity index (χ4n) is 3.49. The van der Waals surface area contributed by atoms with Crippen LogP contribution in [0.2, 0.25) is 0 Å². The van der Waals surface area contributed by atoms with E-state index in [4.69, 9.17) is 4.74 Å². The number of ether oxygens (including phenoxy) is 1. The number of carbonyl (C=O) groups is 1. The van der Waals surface area contributed by atoms with Gasteiger partial charge in [-0.05, 0) is 24.8 Å². The molecule has 1 aliphatic carbocycles. The molecule has 1 N–H and O–H groups in total. The van der Waals surface area contributed by atoms with E-state index in [9.17, 15) is 4.79 Å². The summed E-state index contributed by atoms with van der Waals surface area (Å²) in [7, 11) is 0. The number of amides is 1. The second-order valence-corrected chi connectivity index (χ2v) is 6.27. The second-order valence-electron chi connectivity index (χ2n) is 6.27. The molecule has 1 amide bonds. The van der Waals surface area contributed by atoms with Crippen LogP contribution in [0.15, 0.2) is 30.3 Å². The molecule has 1 saturated heterocycles. The van der Waals surface area contributed by atoms with Gasteiger partial charge in [0, 0.05) is 25.7 Å². The van der Waals surface area contributed by atoms with Crippen LogP contribution in [0.3, 0.4) is 0 Å². The summed E-state index contributed by atoms with van der Waals surface area (Å²) in [4.78, 5) is 15.0. The fraction of sp³-hybridized carbons (Fsp3) is 0.611. The number of benzene rings is 1. The smallest absolute Gasteiger partial charge is 0.253 e. The SMILES string of the molecule is O=C(C1CNCCO1)N(CCc1ccccc1)C1CCCC1. The molecule has 1 atom stereocenters. The van der Waals surface area contributed by atoms with Crippen molar-refractivity contribution < 1.29 is 9.53 Å². The van der Waals surface area contributed by atoms with Gasteiger partial charge >= 0.3 is 0 Å². The number of hydrogen-bond donors (Lipinski definition) is 1. The Balaban J connectivity index is 1.64. The molecule has 3 rings (SSSR count). The first-order valence-electron chi connectivity index (χ1n) is 8.51. The molecular formula is C18H26N2O2. The maximum Gasteiger partial charge on any atom is 0.253 e. The molecule has 0 bridgehead atoms. The Labute approximate surface area is 132 Å². The molecule has 0 spiro atoms. The molecule has 4 nitrogen and oxygen atoms in total. The Morgan fingerprint density at radius 3 is 2.68 bits per heavy atom. The molecule has 120 valence electrons. The highest BCUT2D eigenvalue weighted by Crippen LogP contribution is 2.25. The molecule has 1 aromatic carbocycles. The summed E-state index contributed by atoms with van der Waals surface area (Å²) in [5.41, 5.74) is 1.29. The minimum absolute atomic E-state index is 0.176. The van der Waals surface area contributed by atoms with E-state index < -0.39 is 0 Å². The van der Waals surface area contributed by atoms with Crippen molar-refractivity contribution in [3.63, 3.8) is 0 Å². The third-order valence-corrected chi connectivity index (χ3v) is 4.74. The first-order chi connectivity index (χ1) is 10.8. The summed E-state index contributed by atoms with van der Waals surface area (Å²) < 4.78 is 5.68. The van der Waals surface area contributed by atoms with Crippen LogP contribution in [0.5, 0.6) is 0 Å². The zero-order valence-corrected chi connectivity index (χ0v) is 13.2. The van der Waals surface area contributed by atoms with Crippen LogP contribution in [-0.2, 0) is 16.0 Å². The lowest BCUT2D eigenvalue weighted by atomic mass is 10.1. The van der Waals surface area contributed by atoms with Crippen molar-refractivity contribution in [2.45, 2.75) is 44.2 Å². The lowest BCUT2D eigenvalue weighted by Crippen LogP contribution is -2.52. The standard InChI is InChI=1S/C18H26N2O2/c21-18(17-14-19-11-13-22-17)20(16-8-4-5-9-16)12-10-15-6-2-1-3-7-15/h1-3,6-7,16-17,19H,4-5,8-14H2. The van der Waals surface area contributed by atoms with Crippen molar-refractivity contribution in [1.82, 2.24) is 10.2 Å². The number of hydrogen-bond acceptors (Lipinski definition) is 3. The molecule has 1 aromatic rings. The van der Waals surface area contributed by atoms with Crippen molar-refractivity contribution in [2.75, 3.05) is 26.2 Å². The Bertz CT molecular complexity index is 465. The van der Waals surface area contributed by atoms with Gasteiger partial charge in [0.05, 0.1) is 6.61 Å². The molecule has 0 aromatic heterocycles.